The molecule has 1 atom stereocenters. The zero-order valence-electron chi connectivity index (χ0n) is 7.11. The van der Waals surface area contributed by atoms with E-state index in [4.69, 9.17) is 4.74 Å². The van der Waals surface area contributed by atoms with E-state index in [0.717, 1.165) is 0 Å². The summed E-state index contributed by atoms with van der Waals surface area (Å²) in [6, 6.07) is 0. The van der Waals surface area contributed by atoms with Gasteiger partial charge >= 0.3 is 0 Å². The number of Topliss-reactive ketones (excluding diaryl/α,β-unsaturated/α-hetero) is 1. The number of rotatable bonds is 0. The summed E-state index contributed by atoms with van der Waals surface area (Å²) >= 11 is 0. The molecule has 2 aliphatic rings. The lowest BCUT2D eigenvalue weighted by Crippen LogP contribution is -2.27. The second-order valence-corrected chi connectivity index (χ2v) is 3.06. The highest BCUT2D eigenvalue weighted by Crippen LogP contribution is 2.26. The second-order valence-electron chi connectivity index (χ2n) is 3.06. The van der Waals surface area contributed by atoms with E-state index in [1.54, 1.807) is 13.0 Å². The van der Waals surface area contributed by atoms with Crippen LogP contribution in [0.25, 0.3) is 0 Å². The number of allylic oxidation sites excluding steroid dienone is 4. The van der Waals surface area contributed by atoms with Gasteiger partial charge in [-0.05, 0) is 24.6 Å². The number of ether oxygens (including phenoxy) is 1. The van der Waals surface area contributed by atoms with E-state index in [9.17, 15) is 9.59 Å². The Morgan fingerprint density at radius 3 is 2.92 bits per heavy atom. The summed E-state index contributed by atoms with van der Waals surface area (Å²) in [5.41, 5.74) is 1.15. The zero-order valence-corrected chi connectivity index (χ0v) is 7.11. The standard InChI is InChI=1S/C10H8O3/c1-6-9(11)4-7-2-3-13-5-8(7)10(6)12/h2-6H,1H3. The number of fused-ring (bicyclic) bond motifs is 1. The van der Waals surface area contributed by atoms with Gasteiger partial charge in [0.05, 0.1) is 17.8 Å². The number of carbonyl (C=O) groups excluding carboxylic acids is 2. The van der Waals surface area contributed by atoms with Crippen molar-refractivity contribution in [3.05, 3.63) is 35.8 Å². The van der Waals surface area contributed by atoms with Crippen molar-refractivity contribution in [3.8, 4) is 0 Å². The summed E-state index contributed by atoms with van der Waals surface area (Å²) in [6.07, 6.45) is 5.94. The van der Waals surface area contributed by atoms with Crippen molar-refractivity contribution >= 4 is 11.6 Å². The molecule has 0 fully saturated rings. The topological polar surface area (TPSA) is 43.4 Å². The molecule has 3 heteroatoms. The fourth-order valence-corrected chi connectivity index (χ4v) is 1.34. The van der Waals surface area contributed by atoms with E-state index in [1.165, 1.54) is 18.6 Å². The van der Waals surface area contributed by atoms with Crippen molar-refractivity contribution in [2.45, 2.75) is 6.92 Å². The van der Waals surface area contributed by atoms with Crippen LogP contribution in [0.3, 0.4) is 0 Å². The molecule has 1 aliphatic heterocycles. The first-order valence-electron chi connectivity index (χ1n) is 4.02. The molecule has 2 rings (SSSR count). The van der Waals surface area contributed by atoms with Gasteiger partial charge in [0, 0.05) is 0 Å². The molecule has 0 aromatic rings. The highest BCUT2D eigenvalue weighted by Gasteiger charge is 2.30. The van der Waals surface area contributed by atoms with Crippen LogP contribution in [0.4, 0.5) is 0 Å². The quantitative estimate of drug-likeness (QED) is 0.519. The maximum absolute atomic E-state index is 11.5. The molecule has 0 saturated carbocycles. The van der Waals surface area contributed by atoms with E-state index in [0.29, 0.717) is 11.1 Å². The first kappa shape index (κ1) is 7.98. The Bertz CT molecular complexity index is 372. The molecular formula is C10H8O3. The predicted octanol–water partition coefficient (Wildman–Crippen LogP) is 1.13. The van der Waals surface area contributed by atoms with Crippen LogP contribution in [0.2, 0.25) is 0 Å². The molecule has 1 aliphatic carbocycles. The summed E-state index contributed by atoms with van der Waals surface area (Å²) < 4.78 is 4.88. The van der Waals surface area contributed by atoms with Crippen LogP contribution in [-0.2, 0) is 14.3 Å². The molecule has 0 radical (unpaired) electrons. The van der Waals surface area contributed by atoms with Gasteiger partial charge in [-0.3, -0.25) is 9.59 Å². The summed E-state index contributed by atoms with van der Waals surface area (Å²) in [4.78, 5) is 22.8. The van der Waals surface area contributed by atoms with Crippen molar-refractivity contribution in [2.24, 2.45) is 5.92 Å². The lowest BCUT2D eigenvalue weighted by Gasteiger charge is -2.19. The fraction of sp³-hybridized carbons (Fsp3) is 0.200. The summed E-state index contributed by atoms with van der Waals surface area (Å²) in [7, 11) is 0. The Hall–Kier alpha value is -1.64. The average Bonchev–Trinajstić information content (AvgIpc) is 2.15. The predicted molar refractivity (Wildman–Crippen MR) is 45.6 cm³/mol. The maximum Gasteiger partial charge on any atom is 0.177 e. The van der Waals surface area contributed by atoms with Crippen LogP contribution in [0.5, 0.6) is 0 Å². The molecule has 0 amide bonds. The van der Waals surface area contributed by atoms with Crippen LogP contribution in [0.1, 0.15) is 6.92 Å². The lowest BCUT2D eigenvalue weighted by atomic mass is 9.84. The van der Waals surface area contributed by atoms with Crippen LogP contribution < -0.4 is 0 Å². The van der Waals surface area contributed by atoms with Gasteiger partial charge in [0.15, 0.2) is 11.6 Å². The smallest absolute Gasteiger partial charge is 0.177 e. The van der Waals surface area contributed by atoms with Crippen LogP contribution in [0.15, 0.2) is 35.8 Å². The van der Waals surface area contributed by atoms with Gasteiger partial charge in [0.2, 0.25) is 0 Å². The van der Waals surface area contributed by atoms with Gasteiger partial charge in [-0.2, -0.15) is 0 Å². The van der Waals surface area contributed by atoms with Gasteiger partial charge in [0.1, 0.15) is 6.26 Å². The minimum absolute atomic E-state index is 0.135. The Balaban J connectivity index is 2.51. The van der Waals surface area contributed by atoms with Crippen molar-refractivity contribution < 1.29 is 14.3 Å². The molecule has 0 bridgehead atoms. The van der Waals surface area contributed by atoms with Gasteiger partial charge in [-0.25, -0.2) is 0 Å². The van der Waals surface area contributed by atoms with Crippen molar-refractivity contribution in [2.75, 3.05) is 0 Å². The third-order valence-corrected chi connectivity index (χ3v) is 2.21. The van der Waals surface area contributed by atoms with E-state index >= 15 is 0 Å². The van der Waals surface area contributed by atoms with E-state index in [1.807, 2.05) is 0 Å². The van der Waals surface area contributed by atoms with Crippen LogP contribution in [-0.4, -0.2) is 11.6 Å². The van der Waals surface area contributed by atoms with Gasteiger partial charge < -0.3 is 4.74 Å². The molecule has 1 unspecified atom stereocenters. The van der Waals surface area contributed by atoms with Gasteiger partial charge in [-0.1, -0.05) is 0 Å². The Labute approximate surface area is 75.4 Å². The van der Waals surface area contributed by atoms with Crippen molar-refractivity contribution in [1.82, 2.24) is 0 Å². The normalized spacial score (nSPS) is 26.1. The molecule has 0 saturated heterocycles. The third kappa shape index (κ3) is 1.13. The SMILES string of the molecule is CC1C(=O)C=C2C=COC=C2C1=O. The fourth-order valence-electron chi connectivity index (χ4n) is 1.34. The zero-order chi connectivity index (χ0) is 9.42. The Kier molecular flexibility index (Phi) is 1.65. The summed E-state index contributed by atoms with van der Waals surface area (Å²) in [5.74, 6) is -0.861. The van der Waals surface area contributed by atoms with Crippen molar-refractivity contribution in [3.63, 3.8) is 0 Å². The number of hydrogen-bond donors (Lipinski definition) is 0. The first-order valence-corrected chi connectivity index (χ1v) is 4.02. The molecule has 0 N–H and O–H groups in total. The van der Waals surface area contributed by atoms with Crippen LogP contribution >= 0.6 is 0 Å². The minimum Gasteiger partial charge on any atom is -0.472 e. The molecule has 0 spiro atoms. The maximum atomic E-state index is 11.5. The molecule has 0 aromatic carbocycles. The second kappa shape index (κ2) is 2.69. The van der Waals surface area contributed by atoms with Gasteiger partial charge in [0.25, 0.3) is 0 Å². The van der Waals surface area contributed by atoms with E-state index in [2.05, 4.69) is 0 Å². The highest BCUT2D eigenvalue weighted by molar-refractivity contribution is 6.19. The molecule has 66 valence electrons. The molecule has 13 heavy (non-hydrogen) atoms. The van der Waals surface area contributed by atoms with E-state index in [-0.39, 0.29) is 11.6 Å². The number of ketones is 2. The molecular weight excluding hydrogens is 168 g/mol. The summed E-state index contributed by atoms with van der Waals surface area (Å²) in [6.45, 7) is 1.61. The molecule has 3 nitrogen and oxygen atoms in total. The minimum atomic E-state index is -0.565. The average molecular weight is 176 g/mol. The highest BCUT2D eigenvalue weighted by atomic mass is 16.5. The lowest BCUT2D eigenvalue weighted by molar-refractivity contribution is -0.127. The van der Waals surface area contributed by atoms with E-state index < -0.39 is 5.92 Å². The van der Waals surface area contributed by atoms with Crippen molar-refractivity contribution in [1.29, 1.82) is 0 Å². The van der Waals surface area contributed by atoms with Gasteiger partial charge in [-0.15, -0.1) is 0 Å². The summed E-state index contributed by atoms with van der Waals surface area (Å²) in [5, 5.41) is 0. The monoisotopic (exact) mass is 176 g/mol. The Morgan fingerprint density at radius 1 is 1.38 bits per heavy atom. The first-order chi connectivity index (χ1) is 6.20. The number of hydrogen-bond acceptors (Lipinski definition) is 3. The third-order valence-electron chi connectivity index (χ3n) is 2.21. The molecule has 0 aromatic heterocycles. The largest absolute Gasteiger partial charge is 0.472 e. The Morgan fingerprint density at radius 2 is 2.15 bits per heavy atom. The number of carbonyl (C=O) groups is 2. The molecule has 1 heterocycles. The van der Waals surface area contributed by atoms with Crippen LogP contribution in [0, 0.1) is 5.92 Å².